The predicted molar refractivity (Wildman–Crippen MR) is 83.1 cm³/mol. The highest BCUT2D eigenvalue weighted by molar-refractivity contribution is 5.92. The van der Waals surface area contributed by atoms with Gasteiger partial charge in [-0.3, -0.25) is 0 Å². The normalized spacial score (nSPS) is 18.0. The van der Waals surface area contributed by atoms with Crippen molar-refractivity contribution in [1.82, 2.24) is 14.5 Å². The van der Waals surface area contributed by atoms with Crippen LogP contribution in [0.2, 0.25) is 0 Å². The van der Waals surface area contributed by atoms with E-state index in [4.69, 9.17) is 10.5 Å². The standard InChI is InChI=1S/C16H15N5O/c17-8-11-14-16(20-13-6-2-1-5-12(13)19-14)21(15(11)18)9-10-4-3-7-22-10/h1-2,5-6,10H,3-4,7,9,18H2. The second-order valence-corrected chi connectivity index (χ2v) is 5.50. The summed E-state index contributed by atoms with van der Waals surface area (Å²) in [5, 5.41) is 9.42. The van der Waals surface area contributed by atoms with Crippen LogP contribution in [0.15, 0.2) is 24.3 Å². The SMILES string of the molecule is N#Cc1c(N)n(CC2CCCO2)c2nc3ccccc3nc12. The summed E-state index contributed by atoms with van der Waals surface area (Å²) in [6.45, 7) is 1.39. The van der Waals surface area contributed by atoms with Crippen LogP contribution in [0.1, 0.15) is 18.4 Å². The lowest BCUT2D eigenvalue weighted by Crippen LogP contribution is -2.16. The first-order chi connectivity index (χ1) is 10.8. The molecule has 110 valence electrons. The van der Waals surface area contributed by atoms with E-state index in [0.29, 0.717) is 29.1 Å². The fraction of sp³-hybridized carbons (Fsp3) is 0.312. The molecule has 1 aromatic carbocycles. The average Bonchev–Trinajstić information content (AvgIpc) is 3.13. The van der Waals surface area contributed by atoms with Gasteiger partial charge >= 0.3 is 0 Å². The van der Waals surface area contributed by atoms with E-state index in [-0.39, 0.29) is 6.10 Å². The number of hydrogen-bond donors (Lipinski definition) is 1. The molecule has 1 unspecified atom stereocenters. The molecule has 0 spiro atoms. The number of aromatic nitrogens is 3. The van der Waals surface area contributed by atoms with Gasteiger partial charge < -0.3 is 15.0 Å². The summed E-state index contributed by atoms with van der Waals surface area (Å²) in [7, 11) is 0. The molecule has 1 aliphatic heterocycles. The predicted octanol–water partition coefficient (Wildman–Crippen LogP) is 2.22. The van der Waals surface area contributed by atoms with Crippen LogP contribution in [0, 0.1) is 11.3 Å². The molecule has 1 aliphatic rings. The van der Waals surface area contributed by atoms with Crippen molar-refractivity contribution in [2.75, 3.05) is 12.3 Å². The Kier molecular flexibility index (Phi) is 2.94. The van der Waals surface area contributed by atoms with E-state index in [9.17, 15) is 5.26 Å². The Balaban J connectivity index is 1.96. The van der Waals surface area contributed by atoms with Gasteiger partial charge in [-0.2, -0.15) is 5.26 Å². The smallest absolute Gasteiger partial charge is 0.162 e. The molecule has 6 nitrogen and oxygen atoms in total. The summed E-state index contributed by atoms with van der Waals surface area (Å²) in [6.07, 6.45) is 2.18. The van der Waals surface area contributed by atoms with Gasteiger partial charge in [0.2, 0.25) is 0 Å². The second-order valence-electron chi connectivity index (χ2n) is 5.50. The number of anilines is 1. The number of hydrogen-bond acceptors (Lipinski definition) is 5. The van der Waals surface area contributed by atoms with Gasteiger partial charge in [0.25, 0.3) is 0 Å². The minimum absolute atomic E-state index is 0.123. The third-order valence-corrected chi connectivity index (χ3v) is 4.11. The first-order valence-electron chi connectivity index (χ1n) is 7.34. The monoisotopic (exact) mass is 293 g/mol. The third-order valence-electron chi connectivity index (χ3n) is 4.11. The van der Waals surface area contributed by atoms with Crippen LogP contribution in [-0.4, -0.2) is 27.2 Å². The second kappa shape index (κ2) is 4.97. The fourth-order valence-electron chi connectivity index (χ4n) is 3.00. The van der Waals surface area contributed by atoms with Crippen molar-refractivity contribution >= 4 is 28.0 Å². The number of rotatable bonds is 2. The van der Waals surface area contributed by atoms with Gasteiger partial charge in [0, 0.05) is 6.61 Å². The molecule has 3 aromatic rings. The van der Waals surface area contributed by atoms with Crippen LogP contribution in [0.3, 0.4) is 0 Å². The van der Waals surface area contributed by atoms with Crippen LogP contribution in [0.4, 0.5) is 5.82 Å². The molecular formula is C16H15N5O. The van der Waals surface area contributed by atoms with Crippen LogP contribution in [0.25, 0.3) is 22.2 Å². The Morgan fingerprint density at radius 3 is 2.77 bits per heavy atom. The molecule has 1 atom stereocenters. The molecule has 4 rings (SSSR count). The first-order valence-corrected chi connectivity index (χ1v) is 7.34. The van der Waals surface area contributed by atoms with Crippen LogP contribution in [0.5, 0.6) is 0 Å². The number of nitrogens with zero attached hydrogens (tertiary/aromatic N) is 4. The number of para-hydroxylation sites is 2. The number of ether oxygens (including phenoxy) is 1. The lowest BCUT2D eigenvalue weighted by atomic mass is 10.2. The Hall–Kier alpha value is -2.65. The lowest BCUT2D eigenvalue weighted by molar-refractivity contribution is 0.0983. The first kappa shape index (κ1) is 13.0. The Labute approximate surface area is 127 Å². The number of nitrogens with two attached hydrogens (primary N) is 1. The maximum absolute atomic E-state index is 9.42. The van der Waals surface area contributed by atoms with Crippen LogP contribution < -0.4 is 5.73 Å². The average molecular weight is 293 g/mol. The van der Waals surface area contributed by atoms with Crippen molar-refractivity contribution in [3.05, 3.63) is 29.8 Å². The van der Waals surface area contributed by atoms with E-state index in [1.807, 2.05) is 28.8 Å². The van der Waals surface area contributed by atoms with Crippen molar-refractivity contribution in [1.29, 1.82) is 5.26 Å². The Morgan fingerprint density at radius 2 is 2.09 bits per heavy atom. The van der Waals surface area contributed by atoms with Crippen molar-refractivity contribution in [2.45, 2.75) is 25.5 Å². The quantitative estimate of drug-likeness (QED) is 0.782. The van der Waals surface area contributed by atoms with Crippen LogP contribution >= 0.6 is 0 Å². The molecule has 2 aromatic heterocycles. The molecule has 0 saturated carbocycles. The van der Waals surface area contributed by atoms with Gasteiger partial charge in [0.05, 0.1) is 23.7 Å². The Bertz CT molecular complexity index is 902. The maximum atomic E-state index is 9.42. The summed E-state index contributed by atoms with van der Waals surface area (Å²) in [5.74, 6) is 0.420. The number of fused-ring (bicyclic) bond motifs is 2. The fourth-order valence-corrected chi connectivity index (χ4v) is 3.00. The molecule has 0 aliphatic carbocycles. The zero-order valence-corrected chi connectivity index (χ0v) is 12.0. The largest absolute Gasteiger partial charge is 0.384 e. The minimum Gasteiger partial charge on any atom is -0.384 e. The zero-order chi connectivity index (χ0) is 15.1. The van der Waals surface area contributed by atoms with Gasteiger partial charge in [-0.15, -0.1) is 0 Å². The summed E-state index contributed by atoms with van der Waals surface area (Å²) in [6, 6.07) is 9.78. The highest BCUT2D eigenvalue weighted by Gasteiger charge is 2.23. The zero-order valence-electron chi connectivity index (χ0n) is 12.0. The molecule has 0 radical (unpaired) electrons. The van der Waals surface area contributed by atoms with Crippen LogP contribution in [-0.2, 0) is 11.3 Å². The number of nitrogen functional groups attached to an aromatic ring is 1. The van der Waals surface area contributed by atoms with Gasteiger partial charge in [-0.25, -0.2) is 9.97 Å². The van der Waals surface area contributed by atoms with Crippen molar-refractivity contribution in [3.8, 4) is 6.07 Å². The maximum Gasteiger partial charge on any atom is 0.162 e. The van der Waals surface area contributed by atoms with E-state index < -0.39 is 0 Å². The molecule has 1 fully saturated rings. The highest BCUT2D eigenvalue weighted by Crippen LogP contribution is 2.28. The van der Waals surface area contributed by atoms with Crippen molar-refractivity contribution in [2.24, 2.45) is 0 Å². The van der Waals surface area contributed by atoms with E-state index in [1.54, 1.807) is 0 Å². The van der Waals surface area contributed by atoms with Gasteiger partial charge in [-0.1, -0.05) is 12.1 Å². The topological polar surface area (TPSA) is 89.8 Å². The summed E-state index contributed by atoms with van der Waals surface area (Å²) in [5.41, 5.74) is 9.35. The van der Waals surface area contributed by atoms with E-state index in [1.165, 1.54) is 0 Å². The van der Waals surface area contributed by atoms with E-state index in [0.717, 1.165) is 30.5 Å². The van der Waals surface area contributed by atoms with Crippen molar-refractivity contribution < 1.29 is 4.74 Å². The summed E-state index contributed by atoms with van der Waals surface area (Å²) >= 11 is 0. The van der Waals surface area contributed by atoms with Gasteiger partial charge in [0.15, 0.2) is 5.65 Å². The molecule has 3 heterocycles. The van der Waals surface area contributed by atoms with E-state index in [2.05, 4.69) is 16.0 Å². The van der Waals surface area contributed by atoms with Crippen molar-refractivity contribution in [3.63, 3.8) is 0 Å². The summed E-state index contributed by atoms with van der Waals surface area (Å²) < 4.78 is 7.55. The molecule has 0 amide bonds. The van der Waals surface area contributed by atoms with Gasteiger partial charge in [-0.05, 0) is 25.0 Å². The number of benzene rings is 1. The lowest BCUT2D eigenvalue weighted by Gasteiger charge is -2.12. The molecule has 22 heavy (non-hydrogen) atoms. The molecule has 1 saturated heterocycles. The summed E-state index contributed by atoms with van der Waals surface area (Å²) in [4.78, 5) is 9.24. The molecule has 6 heteroatoms. The minimum atomic E-state index is 0.123. The molecule has 0 bridgehead atoms. The van der Waals surface area contributed by atoms with E-state index >= 15 is 0 Å². The highest BCUT2D eigenvalue weighted by atomic mass is 16.5. The van der Waals surface area contributed by atoms with Gasteiger partial charge in [0.1, 0.15) is 23.0 Å². The molecule has 2 N–H and O–H groups in total. The Morgan fingerprint density at radius 1 is 1.32 bits per heavy atom. The number of nitriles is 1. The third kappa shape index (κ3) is 1.90. The molecular weight excluding hydrogens is 278 g/mol.